The molecule has 5 rings (SSSR count). The molecule has 2 aliphatic heterocycles. The number of fused-ring (bicyclic) bond motifs is 1. The number of ether oxygens (including phenoxy) is 1. The molecular formula is C25H22N2O3S. The maximum atomic E-state index is 13.5. The largest absolute Gasteiger partial charge is 0.378 e. The molecule has 1 fully saturated rings. The van der Waals surface area contributed by atoms with Crippen LogP contribution < -0.4 is 9.80 Å². The number of benzene rings is 2. The molecule has 0 bridgehead atoms. The van der Waals surface area contributed by atoms with E-state index in [2.05, 4.69) is 11.0 Å². The van der Waals surface area contributed by atoms with Gasteiger partial charge in [-0.15, -0.1) is 11.3 Å². The average Bonchev–Trinajstić information content (AvgIpc) is 3.26. The summed E-state index contributed by atoms with van der Waals surface area (Å²) in [6, 6.07) is 18.9. The molecule has 6 heteroatoms. The minimum absolute atomic E-state index is 0.288. The van der Waals surface area contributed by atoms with Crippen molar-refractivity contribution in [1.82, 2.24) is 0 Å². The molecule has 0 spiro atoms. The lowest BCUT2D eigenvalue weighted by Crippen LogP contribution is -2.41. The number of anilines is 2. The summed E-state index contributed by atoms with van der Waals surface area (Å²) in [6.07, 6.45) is 1.91. The molecule has 0 unspecified atom stereocenters. The fourth-order valence-corrected chi connectivity index (χ4v) is 5.01. The summed E-state index contributed by atoms with van der Waals surface area (Å²) >= 11 is 1.65. The van der Waals surface area contributed by atoms with Gasteiger partial charge in [0.2, 0.25) is 0 Å². The van der Waals surface area contributed by atoms with Crippen molar-refractivity contribution in [1.29, 1.82) is 0 Å². The molecule has 3 aromatic rings. The fraction of sp³-hybridized carbons (Fsp3) is 0.200. The number of morpholine rings is 1. The zero-order chi connectivity index (χ0) is 21.4. The number of hydrogen-bond donors (Lipinski definition) is 0. The monoisotopic (exact) mass is 430 g/mol. The van der Waals surface area contributed by atoms with Gasteiger partial charge in [0.1, 0.15) is 0 Å². The van der Waals surface area contributed by atoms with E-state index in [1.807, 2.05) is 55.5 Å². The molecule has 31 heavy (non-hydrogen) atoms. The number of imide groups is 1. The van der Waals surface area contributed by atoms with Crippen LogP contribution >= 0.6 is 11.3 Å². The standard InChI is InChI=1S/C25H22N2O3S/c1-17-5-4-6-18(15-17)27-24(28)21-8-3-2-7-20(21)22(25(27)29)16-19-9-10-23(31-19)26-11-13-30-14-12-26/h2-10,15-16H,11-14H2,1H3/b22-16-. The van der Waals surface area contributed by atoms with E-state index < -0.39 is 0 Å². The highest BCUT2D eigenvalue weighted by atomic mass is 32.1. The Morgan fingerprint density at radius 3 is 2.45 bits per heavy atom. The van der Waals surface area contributed by atoms with Crippen LogP contribution in [0.1, 0.15) is 26.4 Å². The Kier molecular flexibility index (Phi) is 5.18. The molecule has 2 amide bonds. The Morgan fingerprint density at radius 2 is 1.68 bits per heavy atom. The first-order valence-corrected chi connectivity index (χ1v) is 11.1. The molecular weight excluding hydrogens is 408 g/mol. The average molecular weight is 431 g/mol. The van der Waals surface area contributed by atoms with Crippen LogP contribution in [-0.2, 0) is 9.53 Å². The Balaban J connectivity index is 1.57. The van der Waals surface area contributed by atoms with Gasteiger partial charge in [0.25, 0.3) is 11.8 Å². The summed E-state index contributed by atoms with van der Waals surface area (Å²) in [5, 5.41) is 1.17. The zero-order valence-electron chi connectivity index (χ0n) is 17.2. The number of carbonyl (C=O) groups is 2. The highest BCUT2D eigenvalue weighted by Crippen LogP contribution is 2.36. The summed E-state index contributed by atoms with van der Waals surface area (Å²) in [6.45, 7) is 5.15. The normalized spacial score (nSPS) is 17.9. The van der Waals surface area contributed by atoms with Crippen molar-refractivity contribution < 1.29 is 14.3 Å². The van der Waals surface area contributed by atoms with Gasteiger partial charge in [-0.2, -0.15) is 0 Å². The highest BCUT2D eigenvalue weighted by molar-refractivity contribution is 7.17. The number of rotatable bonds is 3. The van der Waals surface area contributed by atoms with E-state index in [4.69, 9.17) is 4.74 Å². The maximum Gasteiger partial charge on any atom is 0.266 e. The minimum atomic E-state index is -0.296. The Bertz CT molecular complexity index is 1190. The maximum absolute atomic E-state index is 13.5. The molecule has 0 atom stereocenters. The third kappa shape index (κ3) is 3.69. The van der Waals surface area contributed by atoms with E-state index in [1.54, 1.807) is 23.5 Å². The first-order chi connectivity index (χ1) is 15.1. The van der Waals surface area contributed by atoms with Crippen LogP contribution in [0, 0.1) is 6.92 Å². The van der Waals surface area contributed by atoms with Crippen LogP contribution in [0.2, 0.25) is 0 Å². The molecule has 1 saturated heterocycles. The molecule has 1 aromatic heterocycles. The lowest BCUT2D eigenvalue weighted by atomic mass is 9.92. The first-order valence-electron chi connectivity index (χ1n) is 10.3. The van der Waals surface area contributed by atoms with Crippen molar-refractivity contribution in [2.45, 2.75) is 6.92 Å². The molecule has 3 heterocycles. The van der Waals surface area contributed by atoms with Crippen LogP contribution in [0.3, 0.4) is 0 Å². The predicted molar refractivity (Wildman–Crippen MR) is 125 cm³/mol. The molecule has 0 N–H and O–H groups in total. The molecule has 0 aliphatic carbocycles. The van der Waals surface area contributed by atoms with Gasteiger partial charge in [0.05, 0.1) is 23.9 Å². The van der Waals surface area contributed by atoms with Crippen molar-refractivity contribution in [2.24, 2.45) is 0 Å². The van der Waals surface area contributed by atoms with Gasteiger partial charge in [-0.25, -0.2) is 4.90 Å². The Morgan fingerprint density at radius 1 is 0.903 bits per heavy atom. The van der Waals surface area contributed by atoms with Crippen molar-refractivity contribution in [3.63, 3.8) is 0 Å². The molecule has 156 valence electrons. The Labute approximate surface area is 185 Å². The van der Waals surface area contributed by atoms with Gasteiger partial charge < -0.3 is 9.64 Å². The van der Waals surface area contributed by atoms with Gasteiger partial charge in [-0.05, 0) is 48.9 Å². The highest BCUT2D eigenvalue weighted by Gasteiger charge is 2.35. The molecule has 5 nitrogen and oxygen atoms in total. The summed E-state index contributed by atoms with van der Waals surface area (Å²) < 4.78 is 5.44. The first kappa shape index (κ1) is 19.7. The topological polar surface area (TPSA) is 49.9 Å². The number of carbonyl (C=O) groups excluding carboxylic acids is 2. The number of amides is 2. The quantitative estimate of drug-likeness (QED) is 0.449. The lowest BCUT2D eigenvalue weighted by Gasteiger charge is -2.29. The third-order valence-corrected chi connectivity index (χ3v) is 6.66. The molecule has 0 radical (unpaired) electrons. The van der Waals surface area contributed by atoms with Gasteiger partial charge in [-0.3, -0.25) is 9.59 Å². The van der Waals surface area contributed by atoms with E-state index in [0.717, 1.165) is 36.7 Å². The minimum Gasteiger partial charge on any atom is -0.378 e. The second kappa shape index (κ2) is 8.13. The second-order valence-corrected chi connectivity index (χ2v) is 8.76. The predicted octanol–water partition coefficient (Wildman–Crippen LogP) is 4.62. The summed E-state index contributed by atoms with van der Waals surface area (Å²) in [7, 11) is 0. The number of thiophene rings is 1. The van der Waals surface area contributed by atoms with Crippen LogP contribution in [0.25, 0.3) is 11.6 Å². The van der Waals surface area contributed by atoms with Crippen LogP contribution in [0.4, 0.5) is 10.7 Å². The second-order valence-electron chi connectivity index (χ2n) is 7.66. The van der Waals surface area contributed by atoms with Gasteiger partial charge >= 0.3 is 0 Å². The summed E-state index contributed by atoms with van der Waals surface area (Å²) in [4.78, 5) is 31.3. The third-order valence-electron chi connectivity index (χ3n) is 5.57. The fourth-order valence-electron chi connectivity index (χ4n) is 4.01. The van der Waals surface area contributed by atoms with Gasteiger partial charge in [-0.1, -0.05) is 30.3 Å². The van der Waals surface area contributed by atoms with E-state index in [0.29, 0.717) is 22.4 Å². The summed E-state index contributed by atoms with van der Waals surface area (Å²) in [5.41, 5.74) is 3.35. The van der Waals surface area contributed by atoms with E-state index >= 15 is 0 Å². The van der Waals surface area contributed by atoms with Crippen LogP contribution in [0.15, 0.2) is 60.7 Å². The van der Waals surface area contributed by atoms with E-state index in [1.165, 1.54) is 9.90 Å². The van der Waals surface area contributed by atoms with Crippen LogP contribution in [0.5, 0.6) is 0 Å². The molecule has 2 aromatic carbocycles. The van der Waals surface area contributed by atoms with Crippen molar-refractivity contribution in [3.05, 3.63) is 82.2 Å². The zero-order valence-corrected chi connectivity index (χ0v) is 18.0. The SMILES string of the molecule is Cc1cccc(N2C(=O)/C(=C\c3ccc(N4CCOCC4)s3)c3ccccc3C2=O)c1. The van der Waals surface area contributed by atoms with Crippen molar-refractivity contribution in [2.75, 3.05) is 36.1 Å². The smallest absolute Gasteiger partial charge is 0.266 e. The lowest BCUT2D eigenvalue weighted by molar-refractivity contribution is -0.112. The Hall–Kier alpha value is -3.22. The number of nitrogens with zero attached hydrogens (tertiary/aromatic N) is 2. The van der Waals surface area contributed by atoms with Crippen molar-refractivity contribution >= 4 is 45.5 Å². The molecule has 2 aliphatic rings. The molecule has 0 saturated carbocycles. The van der Waals surface area contributed by atoms with E-state index in [-0.39, 0.29) is 11.8 Å². The van der Waals surface area contributed by atoms with Gasteiger partial charge in [0, 0.05) is 34.7 Å². The van der Waals surface area contributed by atoms with Crippen LogP contribution in [-0.4, -0.2) is 38.1 Å². The summed E-state index contributed by atoms with van der Waals surface area (Å²) in [5.74, 6) is -0.584. The number of aryl methyl sites for hydroxylation is 1. The number of hydrogen-bond acceptors (Lipinski definition) is 5. The van der Waals surface area contributed by atoms with E-state index in [9.17, 15) is 9.59 Å². The van der Waals surface area contributed by atoms with Crippen molar-refractivity contribution in [3.8, 4) is 0 Å². The van der Waals surface area contributed by atoms with Gasteiger partial charge in [0.15, 0.2) is 0 Å².